The van der Waals surface area contributed by atoms with Gasteiger partial charge in [0.1, 0.15) is 12.6 Å². The third kappa shape index (κ3) is 9.93. The van der Waals surface area contributed by atoms with E-state index in [1.807, 2.05) is 74.5 Å². The lowest BCUT2D eigenvalue weighted by Gasteiger charge is -2.34. The molecule has 1 heterocycles. The average Bonchev–Trinajstić information content (AvgIpc) is 3.50. The van der Waals surface area contributed by atoms with Gasteiger partial charge in [-0.2, -0.15) is 4.31 Å². The zero-order valence-corrected chi connectivity index (χ0v) is 28.3. The largest absolute Gasteiger partial charge is 0.454 e. The SMILES string of the molecule is CC(C)CN(C[C@@H](O)C(Cc1ccccc1)NC(=O)[C@@H](NC(=O)OCc1ccccc1)C(C)(C)C)S(=O)(=O)c1ccc2c(c1)OCO2. The van der Waals surface area contributed by atoms with Crippen LogP contribution >= 0.6 is 0 Å². The Morgan fingerprint density at radius 3 is 2.13 bits per heavy atom. The first kappa shape index (κ1) is 35.7. The van der Waals surface area contributed by atoms with Gasteiger partial charge in [0.2, 0.25) is 22.7 Å². The van der Waals surface area contributed by atoms with Gasteiger partial charge in [-0.1, -0.05) is 95.3 Å². The number of alkyl carbamates (subject to hydrolysis) is 1. The summed E-state index contributed by atoms with van der Waals surface area (Å²) in [4.78, 5) is 26.6. The lowest BCUT2D eigenvalue weighted by molar-refractivity contribution is -0.127. The van der Waals surface area contributed by atoms with Crippen molar-refractivity contribution < 1.29 is 37.3 Å². The minimum absolute atomic E-state index is 0.00326. The van der Waals surface area contributed by atoms with Crippen molar-refractivity contribution in [2.24, 2.45) is 11.3 Å². The molecule has 11 nitrogen and oxygen atoms in total. The fourth-order valence-corrected chi connectivity index (χ4v) is 6.81. The number of sulfonamides is 1. The van der Waals surface area contributed by atoms with E-state index >= 15 is 0 Å². The van der Waals surface area contributed by atoms with E-state index in [4.69, 9.17) is 14.2 Å². The predicted molar refractivity (Wildman–Crippen MR) is 177 cm³/mol. The molecule has 12 heteroatoms. The molecule has 3 aromatic rings. The third-order valence-corrected chi connectivity index (χ3v) is 9.46. The number of amides is 2. The van der Waals surface area contributed by atoms with E-state index in [1.54, 1.807) is 26.8 Å². The van der Waals surface area contributed by atoms with Crippen LogP contribution in [0.4, 0.5) is 4.79 Å². The summed E-state index contributed by atoms with van der Waals surface area (Å²) in [5.74, 6) is 0.178. The first-order valence-electron chi connectivity index (χ1n) is 15.6. The van der Waals surface area contributed by atoms with E-state index in [-0.39, 0.29) is 43.7 Å². The number of nitrogens with zero attached hydrogens (tertiary/aromatic N) is 1. The number of carbonyl (C=O) groups excluding carboxylic acids is 2. The van der Waals surface area contributed by atoms with Crippen LogP contribution in [0.1, 0.15) is 45.7 Å². The molecule has 0 spiro atoms. The van der Waals surface area contributed by atoms with Crippen LogP contribution in [0.5, 0.6) is 11.5 Å². The number of hydrogen-bond acceptors (Lipinski definition) is 8. The summed E-state index contributed by atoms with van der Waals surface area (Å²) in [6.45, 7) is 9.05. The Kier molecular flexibility index (Phi) is 11.9. The number of hydrogen-bond donors (Lipinski definition) is 3. The van der Waals surface area contributed by atoms with Gasteiger partial charge in [0.05, 0.1) is 17.0 Å². The lowest BCUT2D eigenvalue weighted by atomic mass is 9.85. The summed E-state index contributed by atoms with van der Waals surface area (Å²) in [6.07, 6.45) is -1.86. The van der Waals surface area contributed by atoms with Crippen molar-refractivity contribution in [1.29, 1.82) is 0 Å². The van der Waals surface area contributed by atoms with E-state index in [0.29, 0.717) is 11.5 Å². The van der Waals surface area contributed by atoms with Crippen molar-refractivity contribution >= 4 is 22.0 Å². The highest BCUT2D eigenvalue weighted by Crippen LogP contribution is 2.35. The number of ether oxygens (including phenoxy) is 3. The molecule has 0 saturated heterocycles. The van der Waals surface area contributed by atoms with E-state index < -0.39 is 45.6 Å². The monoisotopic (exact) mass is 667 g/mol. The van der Waals surface area contributed by atoms with Crippen molar-refractivity contribution in [3.05, 3.63) is 90.0 Å². The van der Waals surface area contributed by atoms with Crippen LogP contribution in [0.3, 0.4) is 0 Å². The predicted octanol–water partition coefficient (Wildman–Crippen LogP) is 4.49. The molecular weight excluding hydrogens is 622 g/mol. The molecule has 1 aliphatic rings. The van der Waals surface area contributed by atoms with Crippen LogP contribution in [-0.4, -0.2) is 67.9 Å². The van der Waals surface area contributed by atoms with Crippen LogP contribution in [0.2, 0.25) is 0 Å². The number of benzene rings is 3. The van der Waals surface area contributed by atoms with Crippen LogP contribution in [0, 0.1) is 11.3 Å². The van der Waals surface area contributed by atoms with Crippen molar-refractivity contribution in [2.45, 2.75) is 70.7 Å². The molecule has 4 rings (SSSR count). The summed E-state index contributed by atoms with van der Waals surface area (Å²) >= 11 is 0. The summed E-state index contributed by atoms with van der Waals surface area (Å²) < 4.78 is 45.1. The summed E-state index contributed by atoms with van der Waals surface area (Å²) in [5, 5.41) is 17.3. The van der Waals surface area contributed by atoms with Crippen LogP contribution in [-0.2, 0) is 32.6 Å². The third-order valence-electron chi connectivity index (χ3n) is 7.64. The van der Waals surface area contributed by atoms with Crippen molar-refractivity contribution in [1.82, 2.24) is 14.9 Å². The summed E-state index contributed by atoms with van der Waals surface area (Å²) in [5.41, 5.74) is 0.894. The van der Waals surface area contributed by atoms with E-state index in [2.05, 4.69) is 10.6 Å². The minimum Gasteiger partial charge on any atom is -0.454 e. The van der Waals surface area contributed by atoms with Gasteiger partial charge in [0.15, 0.2) is 11.5 Å². The van der Waals surface area contributed by atoms with Gasteiger partial charge in [-0.3, -0.25) is 4.79 Å². The fourth-order valence-electron chi connectivity index (χ4n) is 5.18. The minimum atomic E-state index is -4.08. The average molecular weight is 668 g/mol. The first-order valence-corrected chi connectivity index (χ1v) is 17.1. The highest BCUT2D eigenvalue weighted by Gasteiger charge is 2.37. The number of aliphatic hydroxyl groups excluding tert-OH is 1. The Bertz CT molecular complexity index is 1590. The normalized spacial score (nSPS) is 14.8. The second-order valence-electron chi connectivity index (χ2n) is 13.1. The molecule has 0 aromatic heterocycles. The fraction of sp³-hybridized carbons (Fsp3) is 0.429. The van der Waals surface area contributed by atoms with Crippen molar-refractivity contribution in [2.75, 3.05) is 19.9 Å². The zero-order chi connectivity index (χ0) is 34.2. The molecular formula is C35H45N3O8S. The van der Waals surface area contributed by atoms with E-state index in [1.165, 1.54) is 16.4 Å². The van der Waals surface area contributed by atoms with Gasteiger partial charge in [0.25, 0.3) is 0 Å². The van der Waals surface area contributed by atoms with Crippen molar-refractivity contribution in [3.8, 4) is 11.5 Å². The number of nitrogens with one attached hydrogen (secondary N) is 2. The second-order valence-corrected chi connectivity index (χ2v) is 15.0. The molecule has 2 amide bonds. The zero-order valence-electron chi connectivity index (χ0n) is 27.5. The Hall–Kier alpha value is -4.13. The molecule has 1 aliphatic heterocycles. The molecule has 0 radical (unpaired) electrons. The molecule has 1 unspecified atom stereocenters. The standard InChI is InChI=1S/C35H45N3O8S/c1-24(2)20-38(47(42,43)27-16-17-30-31(19-27)46-23-45-30)21-29(39)28(18-25-12-8-6-9-13-25)36-33(40)32(35(3,4)5)37-34(41)44-22-26-14-10-7-11-15-26/h6-17,19,24,28-29,32,39H,18,20-23H2,1-5H3,(H,36,40)(H,37,41)/t28?,29-,32-/m1/s1. The second kappa shape index (κ2) is 15.6. The maximum Gasteiger partial charge on any atom is 0.408 e. The maximum atomic E-state index is 13.9. The highest BCUT2D eigenvalue weighted by atomic mass is 32.2. The topological polar surface area (TPSA) is 143 Å². The van der Waals surface area contributed by atoms with Crippen LogP contribution < -0.4 is 20.1 Å². The number of rotatable bonds is 14. The van der Waals surface area contributed by atoms with Gasteiger partial charge in [-0.15, -0.1) is 0 Å². The number of fused-ring (bicyclic) bond motifs is 1. The van der Waals surface area contributed by atoms with Gasteiger partial charge in [0, 0.05) is 19.2 Å². The Labute approximate surface area is 277 Å². The first-order chi connectivity index (χ1) is 22.2. The quantitative estimate of drug-likeness (QED) is 0.228. The summed E-state index contributed by atoms with van der Waals surface area (Å²) in [6, 6.07) is 20.9. The van der Waals surface area contributed by atoms with Gasteiger partial charge in [-0.05, 0) is 41.0 Å². The summed E-state index contributed by atoms with van der Waals surface area (Å²) in [7, 11) is -4.08. The number of aliphatic hydroxyl groups is 1. The van der Waals surface area contributed by atoms with Gasteiger partial charge < -0.3 is 30.0 Å². The molecule has 0 saturated carbocycles. The molecule has 0 bridgehead atoms. The smallest absolute Gasteiger partial charge is 0.408 e. The van der Waals surface area contributed by atoms with Gasteiger partial charge in [-0.25, -0.2) is 13.2 Å². The lowest BCUT2D eigenvalue weighted by Crippen LogP contribution is -2.58. The molecule has 47 heavy (non-hydrogen) atoms. The van der Waals surface area contributed by atoms with Crippen molar-refractivity contribution in [3.63, 3.8) is 0 Å². The molecule has 3 N–H and O–H groups in total. The molecule has 0 aliphatic carbocycles. The molecule has 0 fully saturated rings. The molecule has 3 atom stereocenters. The Morgan fingerprint density at radius 2 is 1.51 bits per heavy atom. The van der Waals surface area contributed by atoms with Crippen LogP contribution in [0.25, 0.3) is 0 Å². The van der Waals surface area contributed by atoms with Crippen LogP contribution in [0.15, 0.2) is 83.8 Å². The molecule has 3 aromatic carbocycles. The van der Waals surface area contributed by atoms with Gasteiger partial charge >= 0.3 is 6.09 Å². The van der Waals surface area contributed by atoms with E-state index in [9.17, 15) is 23.1 Å². The Morgan fingerprint density at radius 1 is 0.894 bits per heavy atom. The number of carbonyl (C=O) groups is 2. The highest BCUT2D eigenvalue weighted by molar-refractivity contribution is 7.89. The Balaban J connectivity index is 1.55. The molecule has 254 valence electrons. The van der Waals surface area contributed by atoms with E-state index in [0.717, 1.165) is 11.1 Å². The maximum absolute atomic E-state index is 13.9.